The van der Waals surface area contributed by atoms with Gasteiger partial charge in [-0.1, -0.05) is 224 Å². The molecule has 0 saturated carbocycles. The molecule has 0 radical (unpaired) electrons. The van der Waals surface area contributed by atoms with E-state index in [0.29, 0.717) is 24.0 Å². The number of hydrogen-bond acceptors (Lipinski definition) is 4. The van der Waals surface area contributed by atoms with E-state index in [4.69, 9.17) is 0 Å². The van der Waals surface area contributed by atoms with Gasteiger partial charge in [0.05, 0.1) is 0 Å². The van der Waals surface area contributed by atoms with Gasteiger partial charge < -0.3 is 0 Å². The second-order valence-corrected chi connectivity index (χ2v) is 18.2. The van der Waals surface area contributed by atoms with E-state index in [0.717, 1.165) is 29.5 Å². The highest BCUT2D eigenvalue weighted by atomic mass is 16.1. The summed E-state index contributed by atoms with van der Waals surface area (Å²) >= 11 is 0. The predicted octanol–water partition coefficient (Wildman–Crippen LogP) is 14.1. The predicted molar refractivity (Wildman–Crippen MR) is 235 cm³/mol. The van der Waals surface area contributed by atoms with E-state index in [1.54, 1.807) is 0 Å². The van der Waals surface area contributed by atoms with Gasteiger partial charge in [-0.2, -0.15) is 0 Å². The molecule has 0 spiro atoms. The van der Waals surface area contributed by atoms with Gasteiger partial charge in [-0.25, -0.2) is 0 Å². The molecule has 0 aliphatic carbocycles. The summed E-state index contributed by atoms with van der Waals surface area (Å²) in [5.41, 5.74) is 2.26. The zero-order valence-corrected chi connectivity index (χ0v) is 36.6. The number of ketones is 4. The summed E-state index contributed by atoms with van der Waals surface area (Å²) < 4.78 is 0. The van der Waals surface area contributed by atoms with E-state index < -0.39 is 0 Å². The Morgan fingerprint density at radius 1 is 0.455 bits per heavy atom. The highest BCUT2D eigenvalue weighted by molar-refractivity contribution is 6.00. The molecule has 4 nitrogen and oxygen atoms in total. The van der Waals surface area contributed by atoms with Crippen LogP contribution in [0.5, 0.6) is 0 Å². The molecule has 4 heteroatoms. The van der Waals surface area contributed by atoms with Crippen molar-refractivity contribution >= 4 is 23.1 Å². The van der Waals surface area contributed by atoms with Crippen molar-refractivity contribution < 1.29 is 19.2 Å². The number of rotatable bonds is 9. The lowest BCUT2D eigenvalue weighted by Crippen LogP contribution is -2.25. The number of benzene rings is 4. The van der Waals surface area contributed by atoms with E-state index in [1.807, 2.05) is 155 Å². The second kappa shape index (κ2) is 25.6. The normalized spacial score (nSPS) is 11.5. The zero-order valence-electron chi connectivity index (χ0n) is 36.6. The number of hydrogen-bond donors (Lipinski definition) is 0. The average molecular weight is 749 g/mol. The molecule has 0 aromatic heterocycles. The standard InChI is InChI=1S/C13H18O.C12H16O.C11H14O.C9H18O.C6H6/c1-10(13(2,3)4)12(14)11-8-6-5-7-9-11;1-12(2,3)9-11(13)10-7-5-4-6-8-10;1-11(2,3)10(12)9-7-5-4-6-8-9;1-7(2)5-9(10)6-8(3)4;1-2-4-6-5-3-1/h5-10H,1-4H3;4-8H,9H2,1-3H3;4-8H,1-3H3;7-8H,5-6H2,1-4H3;1-6H. The Balaban J connectivity index is 0.000000676. The quantitative estimate of drug-likeness (QED) is 0.160. The van der Waals surface area contributed by atoms with Crippen molar-refractivity contribution in [3.63, 3.8) is 0 Å². The van der Waals surface area contributed by atoms with Crippen LogP contribution in [-0.4, -0.2) is 23.1 Å². The molecule has 300 valence electrons. The Morgan fingerprint density at radius 2 is 0.764 bits per heavy atom. The van der Waals surface area contributed by atoms with Gasteiger partial charge in [0.1, 0.15) is 5.78 Å². The second-order valence-electron chi connectivity index (χ2n) is 18.2. The lowest BCUT2D eigenvalue weighted by molar-refractivity contribution is -0.120. The minimum absolute atomic E-state index is 0.0346. The summed E-state index contributed by atoms with van der Waals surface area (Å²) in [6, 6.07) is 40.4. The van der Waals surface area contributed by atoms with Crippen LogP contribution in [0, 0.1) is 34.0 Å². The van der Waals surface area contributed by atoms with Gasteiger partial charge in [0, 0.05) is 47.3 Å². The molecule has 1 unspecified atom stereocenters. The van der Waals surface area contributed by atoms with E-state index in [-0.39, 0.29) is 39.5 Å². The zero-order chi connectivity index (χ0) is 42.2. The van der Waals surface area contributed by atoms with Crippen molar-refractivity contribution in [2.24, 2.45) is 34.0 Å². The van der Waals surface area contributed by atoms with Crippen molar-refractivity contribution in [3.05, 3.63) is 144 Å². The third-order valence-electron chi connectivity index (χ3n) is 8.19. The van der Waals surface area contributed by atoms with Crippen molar-refractivity contribution in [1.82, 2.24) is 0 Å². The maximum Gasteiger partial charge on any atom is 0.168 e. The number of Topliss-reactive ketones (excluding diaryl/α,β-unsaturated/α-hetero) is 4. The van der Waals surface area contributed by atoms with Crippen molar-refractivity contribution in [1.29, 1.82) is 0 Å². The summed E-state index contributed by atoms with van der Waals surface area (Å²) in [5, 5.41) is 0. The number of carbonyl (C=O) groups is 4. The third-order valence-corrected chi connectivity index (χ3v) is 8.19. The summed E-state index contributed by atoms with van der Waals surface area (Å²) in [5.74, 6) is 2.17. The van der Waals surface area contributed by atoms with Crippen LogP contribution in [0.2, 0.25) is 0 Å². The van der Waals surface area contributed by atoms with E-state index in [2.05, 4.69) is 69.2 Å². The van der Waals surface area contributed by atoms with Crippen LogP contribution in [-0.2, 0) is 4.79 Å². The molecule has 4 aromatic carbocycles. The molecule has 4 rings (SSSR count). The molecule has 0 fully saturated rings. The Hall–Kier alpha value is -4.44. The topological polar surface area (TPSA) is 68.3 Å². The van der Waals surface area contributed by atoms with Gasteiger partial charge in [-0.05, 0) is 22.7 Å². The Kier molecular flexibility index (Phi) is 23.5. The average Bonchev–Trinajstić information content (AvgIpc) is 3.11. The largest absolute Gasteiger partial charge is 0.300 e. The van der Waals surface area contributed by atoms with E-state index in [9.17, 15) is 19.2 Å². The fourth-order valence-electron chi connectivity index (χ4n) is 4.85. The van der Waals surface area contributed by atoms with Gasteiger partial charge >= 0.3 is 0 Å². The van der Waals surface area contributed by atoms with Gasteiger partial charge in [0.15, 0.2) is 17.3 Å². The maximum absolute atomic E-state index is 12.0. The molecule has 0 saturated heterocycles. The van der Waals surface area contributed by atoms with Crippen LogP contribution in [0.25, 0.3) is 0 Å². The van der Waals surface area contributed by atoms with Crippen LogP contribution in [0.15, 0.2) is 127 Å². The Bertz CT molecular complexity index is 1580. The molecule has 55 heavy (non-hydrogen) atoms. The van der Waals surface area contributed by atoms with Gasteiger partial charge in [0.25, 0.3) is 0 Å². The van der Waals surface area contributed by atoms with E-state index >= 15 is 0 Å². The molecule has 0 heterocycles. The highest BCUT2D eigenvalue weighted by Crippen LogP contribution is 2.28. The SMILES string of the molecule is CC(C(=O)c1ccccc1)C(C)(C)C.CC(C)(C)C(=O)c1ccccc1.CC(C)(C)CC(=O)c1ccccc1.CC(C)CC(=O)CC(C)C.c1ccccc1. The van der Waals surface area contributed by atoms with Gasteiger partial charge in [-0.15, -0.1) is 0 Å². The summed E-state index contributed by atoms with van der Waals surface area (Å²) in [6.07, 6.45) is 2.10. The molecule has 0 aliphatic rings. The summed E-state index contributed by atoms with van der Waals surface area (Å²) in [4.78, 5) is 46.4. The Morgan fingerprint density at radius 3 is 1.05 bits per heavy atom. The molecule has 4 aromatic rings. The van der Waals surface area contributed by atoms with E-state index in [1.165, 1.54) is 0 Å². The van der Waals surface area contributed by atoms with Crippen molar-refractivity contribution in [3.8, 4) is 0 Å². The number of carbonyl (C=O) groups excluding carboxylic acids is 4. The van der Waals surface area contributed by atoms with Crippen molar-refractivity contribution in [2.75, 3.05) is 0 Å². The maximum atomic E-state index is 12.0. The molecular weight excluding hydrogens is 677 g/mol. The monoisotopic (exact) mass is 749 g/mol. The molecule has 1 atom stereocenters. The van der Waals surface area contributed by atoms with Gasteiger partial charge in [0.2, 0.25) is 0 Å². The fourth-order valence-corrected chi connectivity index (χ4v) is 4.85. The highest BCUT2D eigenvalue weighted by Gasteiger charge is 2.27. The first-order valence-corrected chi connectivity index (χ1v) is 19.7. The molecule has 0 N–H and O–H groups in total. The van der Waals surface area contributed by atoms with Gasteiger partial charge in [-0.3, -0.25) is 19.2 Å². The van der Waals surface area contributed by atoms with Crippen LogP contribution in [0.4, 0.5) is 0 Å². The Labute approximate surface area is 335 Å². The summed E-state index contributed by atoms with van der Waals surface area (Å²) in [7, 11) is 0. The van der Waals surface area contributed by atoms with Crippen LogP contribution in [0.1, 0.15) is 147 Å². The fraction of sp³-hybridized carbons (Fsp3) is 0.451. The minimum Gasteiger partial charge on any atom is -0.300 e. The third kappa shape index (κ3) is 25.3. The smallest absolute Gasteiger partial charge is 0.168 e. The molecular formula is C51H72O4. The molecule has 0 aliphatic heterocycles. The lowest BCUT2D eigenvalue weighted by Gasteiger charge is -2.25. The molecule has 0 bridgehead atoms. The first-order chi connectivity index (χ1) is 25.5. The van der Waals surface area contributed by atoms with Crippen LogP contribution >= 0.6 is 0 Å². The first-order valence-electron chi connectivity index (χ1n) is 19.7. The lowest BCUT2D eigenvalue weighted by atomic mass is 9.78. The summed E-state index contributed by atoms with van der Waals surface area (Å²) in [6.45, 7) is 28.6. The van der Waals surface area contributed by atoms with Crippen molar-refractivity contribution in [2.45, 2.75) is 116 Å². The van der Waals surface area contributed by atoms with Crippen LogP contribution in [0.3, 0.4) is 0 Å². The van der Waals surface area contributed by atoms with Crippen LogP contribution < -0.4 is 0 Å². The molecule has 0 amide bonds. The minimum atomic E-state index is -0.276. The first kappa shape index (κ1) is 50.6.